The minimum atomic E-state index is 0. The first-order valence-corrected chi connectivity index (χ1v) is 5.00. The first kappa shape index (κ1) is 12.9. The number of benzene rings is 1. The van der Waals surface area contributed by atoms with Gasteiger partial charge in [-0.3, -0.25) is 0 Å². The van der Waals surface area contributed by atoms with Crippen molar-refractivity contribution < 1.29 is 0 Å². The number of fused-ring (bicyclic) bond motifs is 1. The Balaban J connectivity index is 0.00000112. The number of nitrogens with two attached hydrogens (primary N) is 1. The van der Waals surface area contributed by atoms with Crippen molar-refractivity contribution in [3.8, 4) is 0 Å². The second kappa shape index (κ2) is 4.80. The van der Waals surface area contributed by atoms with Crippen LogP contribution in [0.2, 0.25) is 0 Å². The van der Waals surface area contributed by atoms with Crippen LogP contribution in [0.4, 0.5) is 5.69 Å². The minimum Gasteiger partial charge on any atom is -0.399 e. The van der Waals surface area contributed by atoms with E-state index >= 15 is 0 Å². The fourth-order valence-electron chi connectivity index (χ4n) is 1.56. The van der Waals surface area contributed by atoms with E-state index in [0.717, 1.165) is 23.4 Å². The first-order chi connectivity index (χ1) is 6.59. The molecule has 15 heavy (non-hydrogen) atoms. The van der Waals surface area contributed by atoms with Crippen LogP contribution in [0.15, 0.2) is 23.4 Å². The molecule has 0 unspecified atom stereocenters. The van der Waals surface area contributed by atoms with Gasteiger partial charge in [0.05, 0.1) is 5.03 Å². The highest BCUT2D eigenvalue weighted by molar-refractivity contribution is 14.0. The average molecular weight is 357 g/mol. The van der Waals surface area contributed by atoms with Crippen LogP contribution < -0.4 is 5.73 Å². The van der Waals surface area contributed by atoms with E-state index in [9.17, 15) is 0 Å². The van der Waals surface area contributed by atoms with Gasteiger partial charge in [0.2, 0.25) is 0 Å². The van der Waals surface area contributed by atoms with Gasteiger partial charge in [-0.25, -0.2) is 0 Å². The Hall–Kier alpha value is -0.130. The molecule has 0 radical (unpaired) electrons. The van der Waals surface area contributed by atoms with Crippen LogP contribution in [0.3, 0.4) is 0 Å². The maximum absolute atomic E-state index is 6.11. The summed E-state index contributed by atoms with van der Waals surface area (Å²) in [5, 5.41) is 1.18. The SMILES string of the molecule is CN1Cc2cc(N)ccc2C(Cl)=C1Cl.I. The van der Waals surface area contributed by atoms with Crippen LogP contribution in [0.5, 0.6) is 0 Å². The Morgan fingerprint density at radius 1 is 1.33 bits per heavy atom. The molecule has 0 amide bonds. The second-order valence-corrected chi connectivity index (χ2v) is 4.11. The van der Waals surface area contributed by atoms with Gasteiger partial charge >= 0.3 is 0 Å². The van der Waals surface area contributed by atoms with Crippen molar-refractivity contribution in [1.29, 1.82) is 0 Å². The summed E-state index contributed by atoms with van der Waals surface area (Å²) < 4.78 is 0. The van der Waals surface area contributed by atoms with Crippen LogP contribution in [0.25, 0.3) is 5.03 Å². The smallest absolute Gasteiger partial charge is 0.124 e. The van der Waals surface area contributed by atoms with Crippen molar-refractivity contribution in [2.45, 2.75) is 6.54 Å². The van der Waals surface area contributed by atoms with E-state index in [-0.39, 0.29) is 24.0 Å². The number of halogens is 3. The zero-order valence-corrected chi connectivity index (χ0v) is 12.0. The zero-order valence-electron chi connectivity index (χ0n) is 8.13. The zero-order chi connectivity index (χ0) is 10.3. The van der Waals surface area contributed by atoms with Gasteiger partial charge in [-0.1, -0.05) is 29.3 Å². The molecule has 0 saturated heterocycles. The highest BCUT2D eigenvalue weighted by Crippen LogP contribution is 2.35. The van der Waals surface area contributed by atoms with Gasteiger partial charge in [-0.05, 0) is 17.7 Å². The number of rotatable bonds is 0. The fraction of sp³-hybridized carbons (Fsp3) is 0.200. The van der Waals surface area contributed by atoms with Gasteiger partial charge in [0.25, 0.3) is 0 Å². The van der Waals surface area contributed by atoms with Gasteiger partial charge in [0, 0.05) is 24.8 Å². The summed E-state index contributed by atoms with van der Waals surface area (Å²) >= 11 is 12.1. The lowest BCUT2D eigenvalue weighted by Gasteiger charge is -2.26. The quantitative estimate of drug-likeness (QED) is 0.438. The van der Waals surface area contributed by atoms with E-state index < -0.39 is 0 Å². The van der Waals surface area contributed by atoms with Crippen molar-refractivity contribution in [3.05, 3.63) is 34.5 Å². The third-order valence-corrected chi connectivity index (χ3v) is 3.25. The molecule has 1 aliphatic heterocycles. The molecule has 1 heterocycles. The van der Waals surface area contributed by atoms with E-state index in [1.807, 2.05) is 30.1 Å². The van der Waals surface area contributed by atoms with Crippen molar-refractivity contribution in [3.63, 3.8) is 0 Å². The molecule has 0 atom stereocenters. The van der Waals surface area contributed by atoms with Gasteiger partial charge < -0.3 is 10.6 Å². The molecule has 0 bridgehead atoms. The second-order valence-electron chi connectivity index (χ2n) is 3.38. The summed E-state index contributed by atoms with van der Waals surface area (Å²) in [5.41, 5.74) is 8.54. The highest BCUT2D eigenvalue weighted by atomic mass is 127. The number of nitrogen functional groups attached to an aromatic ring is 1. The first-order valence-electron chi connectivity index (χ1n) is 4.25. The average Bonchev–Trinajstić information content (AvgIpc) is 2.14. The summed E-state index contributed by atoms with van der Waals surface area (Å²) in [6, 6.07) is 5.66. The molecule has 2 N–H and O–H groups in total. The summed E-state index contributed by atoms with van der Waals surface area (Å²) in [5.74, 6) is 0. The van der Waals surface area contributed by atoms with Crippen LogP contribution in [0, 0.1) is 0 Å². The molecule has 0 spiro atoms. The molecule has 0 aliphatic carbocycles. The van der Waals surface area contributed by atoms with E-state index in [2.05, 4.69) is 0 Å². The summed E-state index contributed by atoms with van der Waals surface area (Å²) in [6.45, 7) is 0.745. The third kappa shape index (κ3) is 2.34. The van der Waals surface area contributed by atoms with E-state index in [0.29, 0.717) is 10.2 Å². The van der Waals surface area contributed by atoms with Gasteiger partial charge in [-0.2, -0.15) is 0 Å². The molecule has 0 saturated carbocycles. The fourth-order valence-corrected chi connectivity index (χ4v) is 2.05. The lowest BCUT2D eigenvalue weighted by Crippen LogP contribution is -2.20. The molecular weight excluding hydrogens is 346 g/mol. The minimum absolute atomic E-state index is 0. The normalized spacial score (nSPS) is 14.7. The highest BCUT2D eigenvalue weighted by Gasteiger charge is 2.19. The molecule has 2 rings (SSSR count). The van der Waals surface area contributed by atoms with Gasteiger partial charge in [-0.15, -0.1) is 24.0 Å². The largest absolute Gasteiger partial charge is 0.399 e. The van der Waals surface area contributed by atoms with E-state index in [1.54, 1.807) is 0 Å². The maximum Gasteiger partial charge on any atom is 0.124 e. The number of nitrogens with zero attached hydrogens (tertiary/aromatic N) is 1. The molecule has 1 aromatic rings. The number of anilines is 1. The van der Waals surface area contributed by atoms with E-state index in [1.165, 1.54) is 0 Å². The molecule has 0 fully saturated rings. The van der Waals surface area contributed by atoms with Crippen molar-refractivity contribution in [1.82, 2.24) is 4.90 Å². The summed E-state index contributed by atoms with van der Waals surface area (Å²) in [7, 11) is 1.90. The molecule has 5 heteroatoms. The molecule has 82 valence electrons. The van der Waals surface area contributed by atoms with Crippen LogP contribution in [-0.4, -0.2) is 11.9 Å². The maximum atomic E-state index is 6.11. The molecular formula is C10H11Cl2IN2. The van der Waals surface area contributed by atoms with E-state index in [4.69, 9.17) is 28.9 Å². The predicted molar refractivity (Wildman–Crippen MR) is 76.4 cm³/mol. The summed E-state index contributed by atoms with van der Waals surface area (Å²) in [6.07, 6.45) is 0. The van der Waals surface area contributed by atoms with Crippen LogP contribution in [-0.2, 0) is 6.54 Å². The number of hydrogen-bond acceptors (Lipinski definition) is 2. The van der Waals surface area contributed by atoms with Crippen LogP contribution in [0.1, 0.15) is 11.1 Å². The standard InChI is InChI=1S/C10H10Cl2N2.HI/c1-14-5-6-4-7(13)2-3-8(6)9(11)10(14)12;/h2-4H,5,13H2,1H3;1H. The lowest BCUT2D eigenvalue weighted by molar-refractivity contribution is 0.433. The molecule has 0 aromatic heterocycles. The Labute approximate surface area is 116 Å². The molecule has 1 aliphatic rings. The monoisotopic (exact) mass is 356 g/mol. The third-order valence-electron chi connectivity index (χ3n) is 2.29. The Morgan fingerprint density at radius 2 is 2.00 bits per heavy atom. The Bertz CT molecular complexity index is 418. The van der Waals surface area contributed by atoms with Crippen molar-refractivity contribution in [2.75, 3.05) is 12.8 Å². The predicted octanol–water partition coefficient (Wildman–Crippen LogP) is 3.44. The van der Waals surface area contributed by atoms with Gasteiger partial charge in [0.15, 0.2) is 0 Å². The molecule has 1 aromatic carbocycles. The number of hydrogen-bond donors (Lipinski definition) is 1. The lowest BCUT2D eigenvalue weighted by atomic mass is 10.0. The molecule has 2 nitrogen and oxygen atoms in total. The summed E-state index contributed by atoms with van der Waals surface area (Å²) in [4.78, 5) is 1.89. The topological polar surface area (TPSA) is 29.3 Å². The van der Waals surface area contributed by atoms with Crippen LogP contribution >= 0.6 is 47.2 Å². The van der Waals surface area contributed by atoms with Crippen molar-refractivity contribution in [2.24, 2.45) is 0 Å². The Kier molecular flexibility index (Phi) is 4.14. The Morgan fingerprint density at radius 3 is 2.67 bits per heavy atom. The van der Waals surface area contributed by atoms with Gasteiger partial charge in [0.1, 0.15) is 5.16 Å². The van der Waals surface area contributed by atoms with Crippen molar-refractivity contribution >= 4 is 57.9 Å².